The quantitative estimate of drug-likeness (QED) is 0.891. The number of carbonyl (C=O) groups is 1. The van der Waals surface area contributed by atoms with Crippen LogP contribution in [-0.4, -0.2) is 16.0 Å². The summed E-state index contributed by atoms with van der Waals surface area (Å²) in [6, 6.07) is 2.71. The molecule has 1 aromatic heterocycles. The fourth-order valence-electron chi connectivity index (χ4n) is 1.42. The number of halogens is 3. The number of hydrogen-bond acceptors (Lipinski definition) is 3. The summed E-state index contributed by atoms with van der Waals surface area (Å²) in [5, 5.41) is 11.3. The van der Waals surface area contributed by atoms with E-state index in [1.54, 1.807) is 0 Å². The number of nitrogens with zero attached hydrogens (tertiary/aromatic N) is 1. The summed E-state index contributed by atoms with van der Waals surface area (Å²) >= 11 is 5.64. The van der Waals surface area contributed by atoms with Gasteiger partial charge in [-0.1, -0.05) is 11.6 Å². The molecule has 0 bridgehead atoms. The van der Waals surface area contributed by atoms with Crippen molar-refractivity contribution in [3.05, 3.63) is 52.8 Å². The molecule has 0 radical (unpaired) electrons. The summed E-state index contributed by atoms with van der Waals surface area (Å²) in [7, 11) is 0. The predicted molar refractivity (Wildman–Crippen MR) is 65.2 cm³/mol. The Morgan fingerprint density at radius 3 is 2.74 bits per heavy atom. The van der Waals surface area contributed by atoms with Gasteiger partial charge in [0.1, 0.15) is 11.6 Å². The highest BCUT2D eigenvalue weighted by atomic mass is 35.5. The molecule has 0 aliphatic heterocycles. The normalized spacial score (nSPS) is 10.3. The number of carbonyl (C=O) groups excluding carboxylic acids is 1. The van der Waals surface area contributed by atoms with Crippen molar-refractivity contribution in [2.75, 3.05) is 5.32 Å². The summed E-state index contributed by atoms with van der Waals surface area (Å²) in [5.41, 5.74) is -0.459. The van der Waals surface area contributed by atoms with Gasteiger partial charge >= 0.3 is 0 Å². The van der Waals surface area contributed by atoms with Crippen LogP contribution in [0.25, 0.3) is 0 Å². The highest BCUT2D eigenvalue weighted by Crippen LogP contribution is 2.27. The summed E-state index contributed by atoms with van der Waals surface area (Å²) < 4.78 is 26.3. The Morgan fingerprint density at radius 2 is 2.11 bits per heavy atom. The van der Waals surface area contributed by atoms with E-state index in [-0.39, 0.29) is 22.0 Å². The maximum atomic E-state index is 13.5. The Labute approximate surface area is 111 Å². The number of aromatic nitrogens is 1. The first-order chi connectivity index (χ1) is 8.99. The second kappa shape index (κ2) is 5.19. The summed E-state index contributed by atoms with van der Waals surface area (Å²) in [6.45, 7) is 0. The van der Waals surface area contributed by atoms with Crippen molar-refractivity contribution in [1.29, 1.82) is 0 Å². The molecule has 4 nitrogen and oxygen atoms in total. The van der Waals surface area contributed by atoms with Crippen LogP contribution < -0.4 is 5.32 Å². The molecule has 0 spiro atoms. The SMILES string of the molecule is O=C(Nc1c(F)cc(F)cc1Cl)c1ccncc1O. The average molecular weight is 285 g/mol. The minimum absolute atomic E-state index is 0.102. The van der Waals surface area contributed by atoms with E-state index < -0.39 is 17.5 Å². The van der Waals surface area contributed by atoms with Gasteiger partial charge in [-0.3, -0.25) is 9.78 Å². The summed E-state index contributed by atoms with van der Waals surface area (Å²) in [5.74, 6) is -3.01. The maximum absolute atomic E-state index is 13.5. The maximum Gasteiger partial charge on any atom is 0.259 e. The van der Waals surface area contributed by atoms with Crippen LogP contribution in [-0.2, 0) is 0 Å². The van der Waals surface area contributed by atoms with Gasteiger partial charge in [0.25, 0.3) is 5.91 Å². The fourth-order valence-corrected chi connectivity index (χ4v) is 1.66. The van der Waals surface area contributed by atoms with Crippen molar-refractivity contribution < 1.29 is 18.7 Å². The van der Waals surface area contributed by atoms with Crippen molar-refractivity contribution in [3.8, 4) is 5.75 Å². The Bertz CT molecular complexity index is 626. The molecule has 19 heavy (non-hydrogen) atoms. The molecule has 1 aromatic carbocycles. The first-order valence-electron chi connectivity index (χ1n) is 5.08. The van der Waals surface area contributed by atoms with Gasteiger partial charge in [0.05, 0.1) is 22.5 Å². The lowest BCUT2D eigenvalue weighted by atomic mass is 10.2. The highest BCUT2D eigenvalue weighted by Gasteiger charge is 2.16. The lowest BCUT2D eigenvalue weighted by molar-refractivity contribution is 0.102. The number of pyridine rings is 1. The molecule has 98 valence electrons. The number of amides is 1. The van der Waals surface area contributed by atoms with E-state index >= 15 is 0 Å². The second-order valence-electron chi connectivity index (χ2n) is 3.59. The van der Waals surface area contributed by atoms with Crippen molar-refractivity contribution in [3.63, 3.8) is 0 Å². The minimum Gasteiger partial charge on any atom is -0.505 e. The van der Waals surface area contributed by atoms with Gasteiger partial charge < -0.3 is 10.4 Å². The summed E-state index contributed by atoms with van der Waals surface area (Å²) in [4.78, 5) is 15.4. The van der Waals surface area contributed by atoms with E-state index in [0.29, 0.717) is 6.07 Å². The topological polar surface area (TPSA) is 62.2 Å². The van der Waals surface area contributed by atoms with Crippen molar-refractivity contribution in [1.82, 2.24) is 4.98 Å². The molecule has 2 aromatic rings. The number of nitrogens with one attached hydrogen (secondary N) is 1. The van der Waals surface area contributed by atoms with E-state index in [4.69, 9.17) is 11.6 Å². The predicted octanol–water partition coefficient (Wildman–Crippen LogP) is 2.97. The molecular formula is C12H7ClF2N2O2. The molecule has 7 heteroatoms. The van der Waals surface area contributed by atoms with Gasteiger partial charge in [-0.25, -0.2) is 8.78 Å². The third-order valence-electron chi connectivity index (χ3n) is 2.29. The average Bonchev–Trinajstić information content (AvgIpc) is 2.34. The third kappa shape index (κ3) is 2.79. The van der Waals surface area contributed by atoms with E-state index in [9.17, 15) is 18.7 Å². The smallest absolute Gasteiger partial charge is 0.259 e. The van der Waals surface area contributed by atoms with Crippen molar-refractivity contribution >= 4 is 23.2 Å². The van der Waals surface area contributed by atoms with Gasteiger partial charge in [0, 0.05) is 12.3 Å². The van der Waals surface area contributed by atoms with Crippen LogP contribution in [0.4, 0.5) is 14.5 Å². The Morgan fingerprint density at radius 1 is 1.37 bits per heavy atom. The zero-order chi connectivity index (χ0) is 14.0. The minimum atomic E-state index is -1.01. The Kier molecular flexibility index (Phi) is 3.62. The Hall–Kier alpha value is -2.21. The molecule has 0 saturated heterocycles. The van der Waals surface area contributed by atoms with Gasteiger partial charge in [-0.15, -0.1) is 0 Å². The third-order valence-corrected chi connectivity index (χ3v) is 2.59. The first kappa shape index (κ1) is 13.2. The largest absolute Gasteiger partial charge is 0.505 e. The molecule has 0 aliphatic carbocycles. The van der Waals surface area contributed by atoms with Crippen molar-refractivity contribution in [2.24, 2.45) is 0 Å². The zero-order valence-corrected chi connectivity index (χ0v) is 10.1. The molecule has 0 atom stereocenters. The molecule has 0 fully saturated rings. The molecule has 2 rings (SSSR count). The molecule has 2 N–H and O–H groups in total. The van der Waals surface area contributed by atoms with Gasteiger partial charge in [-0.05, 0) is 12.1 Å². The number of anilines is 1. The number of hydrogen-bond donors (Lipinski definition) is 2. The van der Waals surface area contributed by atoms with E-state index in [1.807, 2.05) is 0 Å². The Balaban J connectivity index is 2.32. The highest BCUT2D eigenvalue weighted by molar-refractivity contribution is 6.34. The zero-order valence-electron chi connectivity index (χ0n) is 9.32. The number of benzene rings is 1. The monoisotopic (exact) mass is 284 g/mol. The second-order valence-corrected chi connectivity index (χ2v) is 4.00. The van der Waals surface area contributed by atoms with Crippen LogP contribution in [0.5, 0.6) is 5.75 Å². The molecule has 0 saturated carbocycles. The number of aromatic hydroxyl groups is 1. The molecule has 1 heterocycles. The molecule has 0 aliphatic rings. The summed E-state index contributed by atoms with van der Waals surface area (Å²) in [6.07, 6.45) is 2.36. The van der Waals surface area contributed by atoms with Crippen LogP contribution in [0.1, 0.15) is 10.4 Å². The van der Waals surface area contributed by atoms with Crippen LogP contribution in [0.15, 0.2) is 30.6 Å². The van der Waals surface area contributed by atoms with E-state index in [0.717, 1.165) is 12.3 Å². The van der Waals surface area contributed by atoms with E-state index in [1.165, 1.54) is 12.3 Å². The molecule has 1 amide bonds. The van der Waals surface area contributed by atoms with Crippen LogP contribution >= 0.6 is 11.6 Å². The van der Waals surface area contributed by atoms with Gasteiger partial charge in [-0.2, -0.15) is 0 Å². The van der Waals surface area contributed by atoms with Gasteiger partial charge in [0.2, 0.25) is 0 Å². The lowest BCUT2D eigenvalue weighted by Gasteiger charge is -2.09. The van der Waals surface area contributed by atoms with Crippen LogP contribution in [0.2, 0.25) is 5.02 Å². The first-order valence-corrected chi connectivity index (χ1v) is 5.45. The van der Waals surface area contributed by atoms with Crippen LogP contribution in [0.3, 0.4) is 0 Å². The standard InChI is InChI=1S/C12H7ClF2N2O2/c13-8-3-6(14)4-9(15)11(8)17-12(19)7-1-2-16-5-10(7)18/h1-5,18H,(H,17,19). The molecular weight excluding hydrogens is 278 g/mol. The van der Waals surface area contributed by atoms with Crippen LogP contribution in [0, 0.1) is 11.6 Å². The fraction of sp³-hybridized carbons (Fsp3) is 0. The van der Waals surface area contributed by atoms with E-state index in [2.05, 4.69) is 10.3 Å². The molecule has 0 unspecified atom stereocenters. The number of rotatable bonds is 2. The van der Waals surface area contributed by atoms with Gasteiger partial charge in [0.15, 0.2) is 5.82 Å². The van der Waals surface area contributed by atoms with Crippen molar-refractivity contribution in [2.45, 2.75) is 0 Å². The lowest BCUT2D eigenvalue weighted by Crippen LogP contribution is -2.14.